The van der Waals surface area contributed by atoms with E-state index in [0.29, 0.717) is 29.8 Å². The van der Waals surface area contributed by atoms with Gasteiger partial charge in [0.2, 0.25) is 0 Å². The highest BCUT2D eigenvalue weighted by Crippen LogP contribution is 2.55. The van der Waals surface area contributed by atoms with Gasteiger partial charge in [-0.25, -0.2) is 4.79 Å². The van der Waals surface area contributed by atoms with Gasteiger partial charge in [0.05, 0.1) is 5.60 Å². The first-order valence-electron chi connectivity index (χ1n) is 11.6. The average molecular weight is 397 g/mol. The number of rotatable bonds is 3. The Labute approximate surface area is 172 Å². The van der Waals surface area contributed by atoms with Crippen LogP contribution in [0.15, 0.2) is 30.3 Å². The van der Waals surface area contributed by atoms with E-state index in [0.717, 1.165) is 50.7 Å². The van der Waals surface area contributed by atoms with Crippen molar-refractivity contribution < 1.29 is 14.6 Å². The zero-order chi connectivity index (χ0) is 19.6. The molecule has 2 N–H and O–H groups in total. The summed E-state index contributed by atoms with van der Waals surface area (Å²) in [5.41, 5.74) is -0.441. The van der Waals surface area contributed by atoms with Crippen LogP contribution in [0.25, 0.3) is 0 Å². The second-order valence-electron chi connectivity index (χ2n) is 10.5. The minimum absolute atomic E-state index is 0.139. The molecule has 1 aromatic rings. The van der Waals surface area contributed by atoms with Crippen LogP contribution >= 0.6 is 0 Å². The summed E-state index contributed by atoms with van der Waals surface area (Å²) in [5, 5.41) is 14.3. The van der Waals surface area contributed by atoms with E-state index < -0.39 is 5.60 Å². The van der Waals surface area contributed by atoms with E-state index in [9.17, 15) is 9.90 Å². The van der Waals surface area contributed by atoms with Crippen LogP contribution in [-0.2, 0) is 0 Å². The molecule has 0 radical (unpaired) electrons. The van der Waals surface area contributed by atoms with Crippen LogP contribution in [0.2, 0.25) is 0 Å². The lowest BCUT2D eigenvalue weighted by Gasteiger charge is -2.58. The summed E-state index contributed by atoms with van der Waals surface area (Å²) in [6.45, 7) is 0. The van der Waals surface area contributed by atoms with E-state index >= 15 is 0 Å². The lowest BCUT2D eigenvalue weighted by atomic mass is 9.52. The molecule has 6 bridgehead atoms. The second kappa shape index (κ2) is 6.63. The number of urea groups is 1. The number of hydrogen-bond donors (Lipinski definition) is 2. The molecule has 4 unspecified atom stereocenters. The molecule has 5 atom stereocenters. The molecular weight excluding hydrogens is 364 g/mol. The molecule has 6 aliphatic rings. The molecule has 4 aliphatic carbocycles. The number of ether oxygens (including phenoxy) is 1. The third-order valence-electron chi connectivity index (χ3n) is 8.50. The van der Waals surface area contributed by atoms with Crippen molar-refractivity contribution >= 4 is 6.03 Å². The van der Waals surface area contributed by atoms with Gasteiger partial charge in [0.25, 0.3) is 0 Å². The number of aliphatic hydroxyl groups is 1. The minimum Gasteiger partial charge on any atom is -0.490 e. The number of nitrogens with zero attached hydrogens (tertiary/aromatic N) is 1. The van der Waals surface area contributed by atoms with E-state index in [2.05, 4.69) is 10.2 Å². The van der Waals surface area contributed by atoms with Gasteiger partial charge in [-0.2, -0.15) is 0 Å². The van der Waals surface area contributed by atoms with Crippen LogP contribution in [0, 0.1) is 17.8 Å². The lowest BCUT2D eigenvalue weighted by Crippen LogP contribution is -2.64. The molecule has 7 rings (SSSR count). The average Bonchev–Trinajstić information content (AvgIpc) is 2.95. The van der Waals surface area contributed by atoms with Crippen molar-refractivity contribution in [3.05, 3.63) is 30.3 Å². The monoisotopic (exact) mass is 396 g/mol. The Morgan fingerprint density at radius 2 is 1.66 bits per heavy atom. The number of carbonyl (C=O) groups excluding carboxylic acids is 1. The Balaban J connectivity index is 1.11. The second-order valence-corrected chi connectivity index (χ2v) is 10.5. The van der Waals surface area contributed by atoms with Gasteiger partial charge in [-0.1, -0.05) is 18.2 Å². The first-order valence-corrected chi connectivity index (χ1v) is 11.6. The van der Waals surface area contributed by atoms with E-state index in [1.807, 2.05) is 30.3 Å². The molecule has 2 amide bonds. The fraction of sp³-hybridized carbons (Fsp3) is 0.708. The number of amides is 2. The highest BCUT2D eigenvalue weighted by atomic mass is 16.5. The van der Waals surface area contributed by atoms with Gasteiger partial charge in [0.1, 0.15) is 11.9 Å². The van der Waals surface area contributed by atoms with Gasteiger partial charge in [-0.3, -0.25) is 0 Å². The van der Waals surface area contributed by atoms with E-state index in [1.54, 1.807) is 0 Å². The maximum absolute atomic E-state index is 13.3. The molecule has 1 aromatic carbocycles. The maximum Gasteiger partial charge on any atom is 0.318 e. The van der Waals surface area contributed by atoms with Gasteiger partial charge in [0.15, 0.2) is 0 Å². The summed E-state index contributed by atoms with van der Waals surface area (Å²) in [6.07, 6.45) is 9.35. The largest absolute Gasteiger partial charge is 0.490 e. The Morgan fingerprint density at radius 3 is 2.28 bits per heavy atom. The third-order valence-corrected chi connectivity index (χ3v) is 8.50. The van der Waals surface area contributed by atoms with Crippen molar-refractivity contribution in [1.82, 2.24) is 10.2 Å². The number of piperidine rings is 1. The quantitative estimate of drug-likeness (QED) is 0.819. The molecule has 0 spiro atoms. The standard InChI is InChI=1S/C24H32N2O3/c27-23(25-22-16-8-15-9-17(22)14-24(28,12-15)13-16)26-18-6-7-19(26)11-21(10-18)29-20-4-2-1-3-5-20/h1-5,15-19,21-22,28H,6-14H2,(H,25,27)/t15?,16?,17?,18-,19?,21?,22?,24?/m0/s1. The molecular formula is C24H32N2O3. The predicted molar refractivity (Wildman–Crippen MR) is 110 cm³/mol. The van der Waals surface area contributed by atoms with Gasteiger partial charge < -0.3 is 20.1 Å². The van der Waals surface area contributed by atoms with Crippen LogP contribution in [0.4, 0.5) is 4.79 Å². The normalized spacial score (nSPS) is 44.7. The molecule has 2 heterocycles. The van der Waals surface area contributed by atoms with Crippen molar-refractivity contribution in [2.75, 3.05) is 0 Å². The number of carbonyl (C=O) groups is 1. The van der Waals surface area contributed by atoms with E-state index in [1.165, 1.54) is 12.8 Å². The van der Waals surface area contributed by atoms with Crippen molar-refractivity contribution in [2.24, 2.45) is 17.8 Å². The molecule has 4 saturated carbocycles. The Morgan fingerprint density at radius 1 is 1.00 bits per heavy atom. The van der Waals surface area contributed by atoms with Gasteiger partial charge in [-0.15, -0.1) is 0 Å². The Bertz CT molecular complexity index is 754. The summed E-state index contributed by atoms with van der Waals surface area (Å²) in [5.74, 6) is 2.53. The summed E-state index contributed by atoms with van der Waals surface area (Å²) < 4.78 is 6.22. The first kappa shape index (κ1) is 18.1. The SMILES string of the molecule is O=C(NC1C2CC3CC1CC(O)(C3)C2)N1C2CC[C@H]1CC(Oc1ccccc1)C2. The van der Waals surface area contributed by atoms with Crippen molar-refractivity contribution in [2.45, 2.75) is 87.6 Å². The van der Waals surface area contributed by atoms with Crippen LogP contribution in [0.1, 0.15) is 57.8 Å². The smallest absolute Gasteiger partial charge is 0.318 e. The molecule has 6 fully saturated rings. The van der Waals surface area contributed by atoms with Crippen molar-refractivity contribution in [3.8, 4) is 5.75 Å². The maximum atomic E-state index is 13.3. The zero-order valence-corrected chi connectivity index (χ0v) is 17.0. The number of benzene rings is 1. The van der Waals surface area contributed by atoms with Crippen LogP contribution in [-0.4, -0.2) is 45.9 Å². The number of hydrogen-bond acceptors (Lipinski definition) is 3. The van der Waals surface area contributed by atoms with Crippen LogP contribution in [0.3, 0.4) is 0 Å². The van der Waals surface area contributed by atoms with Crippen LogP contribution in [0.5, 0.6) is 5.75 Å². The van der Waals surface area contributed by atoms with Crippen molar-refractivity contribution in [3.63, 3.8) is 0 Å². The number of nitrogens with one attached hydrogen (secondary N) is 1. The summed E-state index contributed by atoms with van der Waals surface area (Å²) in [6, 6.07) is 11.0. The van der Waals surface area contributed by atoms with Gasteiger partial charge in [0, 0.05) is 31.0 Å². The molecule has 5 nitrogen and oxygen atoms in total. The minimum atomic E-state index is -0.441. The van der Waals surface area contributed by atoms with Gasteiger partial charge in [-0.05, 0) is 74.8 Å². The molecule has 2 saturated heterocycles. The molecule has 156 valence electrons. The number of fused-ring (bicyclic) bond motifs is 2. The third kappa shape index (κ3) is 3.13. The highest BCUT2D eigenvalue weighted by Gasteiger charge is 2.55. The molecule has 29 heavy (non-hydrogen) atoms. The molecule has 0 aromatic heterocycles. The first-order chi connectivity index (χ1) is 14.1. The topological polar surface area (TPSA) is 61.8 Å². The lowest BCUT2D eigenvalue weighted by molar-refractivity contribution is -0.137. The summed E-state index contributed by atoms with van der Waals surface area (Å²) >= 11 is 0. The van der Waals surface area contributed by atoms with Crippen LogP contribution < -0.4 is 10.1 Å². The highest BCUT2D eigenvalue weighted by molar-refractivity contribution is 5.76. The van der Waals surface area contributed by atoms with Gasteiger partial charge >= 0.3 is 6.03 Å². The van der Waals surface area contributed by atoms with E-state index in [-0.39, 0.29) is 18.2 Å². The zero-order valence-electron chi connectivity index (χ0n) is 17.0. The van der Waals surface area contributed by atoms with Crippen molar-refractivity contribution in [1.29, 1.82) is 0 Å². The predicted octanol–water partition coefficient (Wildman–Crippen LogP) is 3.71. The summed E-state index contributed by atoms with van der Waals surface area (Å²) in [4.78, 5) is 15.5. The summed E-state index contributed by atoms with van der Waals surface area (Å²) in [7, 11) is 0. The fourth-order valence-electron chi connectivity index (χ4n) is 7.68. The Hall–Kier alpha value is -1.75. The van der Waals surface area contributed by atoms with E-state index in [4.69, 9.17) is 4.74 Å². The Kier molecular flexibility index (Phi) is 4.13. The number of para-hydroxylation sites is 1. The fourth-order valence-corrected chi connectivity index (χ4v) is 7.68. The molecule has 2 aliphatic heterocycles. The molecule has 5 heteroatoms.